The largest absolute Gasteiger partial charge is 0.443 e. The molecule has 156 valence electrons. The predicted octanol–water partition coefficient (Wildman–Crippen LogP) is 3.66. The standard InChI is InChI=1S/C23H18N8O/c1-13-6-5-8-16(27-13)11-31-29-20-18(22-14(2)26-12-32-22)19(28-23(25)21(20)30-31)17-9-4-3-7-15(17)10-24/h3-9,12H,11H2,1-2H3,(H2,25,28). The van der Waals surface area contributed by atoms with Crippen LogP contribution in [0.4, 0.5) is 5.82 Å². The van der Waals surface area contributed by atoms with Crippen LogP contribution in [0.15, 0.2) is 53.3 Å². The zero-order chi connectivity index (χ0) is 22.2. The number of hydrogen-bond donors (Lipinski definition) is 1. The van der Waals surface area contributed by atoms with E-state index in [-0.39, 0.29) is 5.82 Å². The minimum Gasteiger partial charge on any atom is -0.443 e. The number of nitrogens with two attached hydrogens (primary N) is 1. The van der Waals surface area contributed by atoms with Gasteiger partial charge in [0, 0.05) is 11.3 Å². The zero-order valence-electron chi connectivity index (χ0n) is 17.4. The van der Waals surface area contributed by atoms with Crippen molar-refractivity contribution in [3.05, 3.63) is 71.5 Å². The van der Waals surface area contributed by atoms with Crippen molar-refractivity contribution in [1.29, 1.82) is 5.26 Å². The number of aromatic nitrogens is 6. The monoisotopic (exact) mass is 422 g/mol. The van der Waals surface area contributed by atoms with Crippen LogP contribution in [-0.4, -0.2) is 29.9 Å². The number of rotatable bonds is 4. The third-order valence-electron chi connectivity index (χ3n) is 5.13. The number of benzene rings is 1. The van der Waals surface area contributed by atoms with Crippen molar-refractivity contribution in [3.63, 3.8) is 0 Å². The molecule has 4 aromatic heterocycles. The summed E-state index contributed by atoms with van der Waals surface area (Å²) in [6, 6.07) is 15.2. The van der Waals surface area contributed by atoms with Gasteiger partial charge in [0.15, 0.2) is 23.5 Å². The molecule has 0 bridgehead atoms. The maximum absolute atomic E-state index is 9.65. The molecule has 0 aliphatic heterocycles. The Bertz CT molecular complexity index is 1510. The Hall–Kier alpha value is -4.58. The Labute approximate surface area is 183 Å². The fourth-order valence-corrected chi connectivity index (χ4v) is 3.67. The van der Waals surface area contributed by atoms with E-state index in [4.69, 9.17) is 15.2 Å². The van der Waals surface area contributed by atoms with Crippen molar-refractivity contribution < 1.29 is 4.42 Å². The molecule has 32 heavy (non-hydrogen) atoms. The number of hydrogen-bond acceptors (Lipinski definition) is 8. The Morgan fingerprint density at radius 1 is 1.03 bits per heavy atom. The van der Waals surface area contributed by atoms with Crippen molar-refractivity contribution in [2.75, 3.05) is 5.73 Å². The highest BCUT2D eigenvalue weighted by molar-refractivity contribution is 6.02. The molecule has 5 rings (SSSR count). The summed E-state index contributed by atoms with van der Waals surface area (Å²) in [7, 11) is 0. The van der Waals surface area contributed by atoms with Crippen LogP contribution < -0.4 is 5.73 Å². The topological polar surface area (TPSA) is 132 Å². The molecule has 4 heterocycles. The molecule has 0 aliphatic rings. The first-order valence-corrected chi connectivity index (χ1v) is 9.92. The molecule has 5 aromatic rings. The van der Waals surface area contributed by atoms with Gasteiger partial charge in [0.2, 0.25) is 0 Å². The third kappa shape index (κ3) is 3.24. The Morgan fingerprint density at radius 3 is 2.59 bits per heavy atom. The maximum atomic E-state index is 9.65. The summed E-state index contributed by atoms with van der Waals surface area (Å²) >= 11 is 0. The van der Waals surface area contributed by atoms with Gasteiger partial charge in [0.25, 0.3) is 0 Å². The van der Waals surface area contributed by atoms with E-state index in [1.165, 1.54) is 6.39 Å². The second kappa shape index (κ2) is 7.59. The summed E-state index contributed by atoms with van der Waals surface area (Å²) in [5, 5.41) is 18.9. The number of nitrogen functional groups attached to an aromatic ring is 1. The number of nitriles is 1. The van der Waals surface area contributed by atoms with Crippen molar-refractivity contribution in [1.82, 2.24) is 29.9 Å². The van der Waals surface area contributed by atoms with Crippen molar-refractivity contribution in [2.45, 2.75) is 20.4 Å². The van der Waals surface area contributed by atoms with E-state index < -0.39 is 0 Å². The van der Waals surface area contributed by atoms with Crippen LogP contribution in [-0.2, 0) is 6.54 Å². The zero-order valence-corrected chi connectivity index (χ0v) is 17.4. The first-order valence-electron chi connectivity index (χ1n) is 9.92. The SMILES string of the molecule is Cc1cccc(Cn2nc3c(N)nc(-c4ccccc4C#N)c(-c4ocnc4C)c3n2)n1. The lowest BCUT2D eigenvalue weighted by molar-refractivity contribution is 0.571. The number of aryl methyl sites for hydroxylation is 2. The van der Waals surface area contributed by atoms with Crippen LogP contribution in [0.5, 0.6) is 0 Å². The van der Waals surface area contributed by atoms with E-state index in [1.807, 2.05) is 44.2 Å². The average Bonchev–Trinajstić information content (AvgIpc) is 3.40. The minimum absolute atomic E-state index is 0.215. The summed E-state index contributed by atoms with van der Waals surface area (Å²) in [5.74, 6) is 0.720. The highest BCUT2D eigenvalue weighted by atomic mass is 16.3. The quantitative estimate of drug-likeness (QED) is 0.464. The minimum atomic E-state index is 0.215. The van der Waals surface area contributed by atoms with E-state index in [9.17, 15) is 5.26 Å². The highest BCUT2D eigenvalue weighted by Gasteiger charge is 2.25. The van der Waals surface area contributed by atoms with Gasteiger partial charge in [-0.3, -0.25) is 4.98 Å². The van der Waals surface area contributed by atoms with E-state index in [0.717, 1.165) is 11.4 Å². The Kier molecular flexibility index (Phi) is 4.60. The second-order valence-corrected chi connectivity index (χ2v) is 7.34. The maximum Gasteiger partial charge on any atom is 0.181 e. The lowest BCUT2D eigenvalue weighted by Crippen LogP contribution is -2.05. The van der Waals surface area contributed by atoms with E-state index in [2.05, 4.69) is 26.1 Å². The van der Waals surface area contributed by atoms with Gasteiger partial charge in [0.1, 0.15) is 12.1 Å². The first kappa shape index (κ1) is 19.4. The van der Waals surface area contributed by atoms with E-state index in [0.29, 0.717) is 51.4 Å². The number of nitrogens with zero attached hydrogens (tertiary/aromatic N) is 7. The third-order valence-corrected chi connectivity index (χ3v) is 5.13. The normalized spacial score (nSPS) is 11.0. The molecule has 0 unspecified atom stereocenters. The molecule has 0 radical (unpaired) electrons. The van der Waals surface area contributed by atoms with E-state index in [1.54, 1.807) is 16.9 Å². The molecule has 1 aromatic carbocycles. The molecule has 2 N–H and O–H groups in total. The fourth-order valence-electron chi connectivity index (χ4n) is 3.67. The van der Waals surface area contributed by atoms with Crippen molar-refractivity contribution in [3.8, 4) is 28.7 Å². The number of fused-ring (bicyclic) bond motifs is 1. The van der Waals surface area contributed by atoms with Crippen molar-refractivity contribution in [2.24, 2.45) is 0 Å². The van der Waals surface area contributed by atoms with Gasteiger partial charge in [-0.15, -0.1) is 5.10 Å². The molecule has 0 fully saturated rings. The van der Waals surface area contributed by atoms with Gasteiger partial charge in [-0.05, 0) is 32.0 Å². The summed E-state index contributed by atoms with van der Waals surface area (Å²) in [6.45, 7) is 4.14. The van der Waals surface area contributed by atoms with Crippen LogP contribution >= 0.6 is 0 Å². The Balaban J connectivity index is 1.78. The van der Waals surface area contributed by atoms with Crippen molar-refractivity contribution >= 4 is 16.9 Å². The van der Waals surface area contributed by atoms with Crippen LogP contribution in [0, 0.1) is 25.2 Å². The van der Waals surface area contributed by atoms with Crippen LogP contribution in [0.1, 0.15) is 22.6 Å². The molecule has 0 amide bonds. The molecular formula is C23H18N8O. The lowest BCUT2D eigenvalue weighted by Gasteiger charge is -2.10. The Morgan fingerprint density at radius 2 is 1.84 bits per heavy atom. The summed E-state index contributed by atoms with van der Waals surface area (Å²) in [6.07, 6.45) is 1.37. The fraction of sp³-hybridized carbons (Fsp3) is 0.130. The molecule has 9 heteroatoms. The van der Waals surface area contributed by atoms with Gasteiger partial charge >= 0.3 is 0 Å². The summed E-state index contributed by atoms with van der Waals surface area (Å²) in [5.41, 5.74) is 11.9. The molecule has 0 saturated carbocycles. The smallest absolute Gasteiger partial charge is 0.181 e. The summed E-state index contributed by atoms with van der Waals surface area (Å²) < 4.78 is 5.71. The molecule has 0 aliphatic carbocycles. The second-order valence-electron chi connectivity index (χ2n) is 7.34. The molecule has 0 saturated heterocycles. The average molecular weight is 422 g/mol. The molecule has 0 atom stereocenters. The predicted molar refractivity (Wildman–Crippen MR) is 118 cm³/mol. The number of anilines is 1. The van der Waals surface area contributed by atoms with Gasteiger partial charge in [-0.2, -0.15) is 15.2 Å². The number of oxazole rings is 1. The van der Waals surface area contributed by atoms with Gasteiger partial charge in [-0.25, -0.2) is 9.97 Å². The molecule has 9 nitrogen and oxygen atoms in total. The molecular weight excluding hydrogens is 404 g/mol. The number of pyridine rings is 2. The van der Waals surface area contributed by atoms with Gasteiger partial charge < -0.3 is 10.2 Å². The highest BCUT2D eigenvalue weighted by Crippen LogP contribution is 2.39. The first-order chi connectivity index (χ1) is 15.5. The van der Waals surface area contributed by atoms with Crippen LogP contribution in [0.25, 0.3) is 33.6 Å². The van der Waals surface area contributed by atoms with Crippen LogP contribution in [0.3, 0.4) is 0 Å². The van der Waals surface area contributed by atoms with Gasteiger partial charge in [-0.1, -0.05) is 24.3 Å². The summed E-state index contributed by atoms with van der Waals surface area (Å²) in [4.78, 5) is 14.9. The van der Waals surface area contributed by atoms with Crippen LogP contribution in [0.2, 0.25) is 0 Å². The van der Waals surface area contributed by atoms with E-state index >= 15 is 0 Å². The van der Waals surface area contributed by atoms with Gasteiger partial charge in [0.05, 0.1) is 34.3 Å². The lowest BCUT2D eigenvalue weighted by atomic mass is 9.98. The molecule has 0 spiro atoms.